The quantitative estimate of drug-likeness (QED) is 0.477. The van der Waals surface area contributed by atoms with Crippen LogP contribution < -0.4 is 5.63 Å². The van der Waals surface area contributed by atoms with E-state index in [1.807, 2.05) is 12.1 Å². The van der Waals surface area contributed by atoms with E-state index < -0.39 is 5.63 Å². The minimum atomic E-state index is -0.444. The number of halogens is 2. The Morgan fingerprint density at radius 3 is 2.85 bits per heavy atom. The third-order valence-electron chi connectivity index (χ3n) is 3.97. The topological polar surface area (TPSA) is 73.8 Å². The molecule has 0 spiro atoms. The highest BCUT2D eigenvalue weighted by Gasteiger charge is 2.11. The molecule has 0 bridgehead atoms. The Morgan fingerprint density at radius 1 is 1.19 bits per heavy atom. The monoisotopic (exact) mass is 414 g/mol. The van der Waals surface area contributed by atoms with Crippen molar-refractivity contribution in [1.29, 1.82) is 0 Å². The van der Waals surface area contributed by atoms with Gasteiger partial charge in [-0.25, -0.2) is 9.18 Å². The van der Waals surface area contributed by atoms with Crippen molar-refractivity contribution in [3.05, 3.63) is 74.3 Å². The van der Waals surface area contributed by atoms with Gasteiger partial charge in [0.1, 0.15) is 11.4 Å². The minimum Gasteiger partial charge on any atom is -0.423 e. The number of hydrogen-bond acceptors (Lipinski definition) is 5. The Balaban J connectivity index is 1.70. The highest BCUT2D eigenvalue weighted by molar-refractivity contribution is 9.10. The third-order valence-corrected chi connectivity index (χ3v) is 4.47. The van der Waals surface area contributed by atoms with E-state index >= 15 is 0 Å². The highest BCUT2D eigenvalue weighted by Crippen LogP contribution is 2.22. The second-order valence-corrected chi connectivity index (χ2v) is 6.75. The first-order chi connectivity index (χ1) is 12.5. The lowest BCUT2D eigenvalue weighted by Gasteiger charge is -2.04. The molecule has 0 unspecified atom stereocenters. The Hall–Kier alpha value is -2.87. The molecule has 130 valence electrons. The Labute approximate surface area is 155 Å². The number of hydrogen-bond donors (Lipinski definition) is 0. The van der Waals surface area contributed by atoms with E-state index in [1.54, 1.807) is 25.1 Å². The zero-order valence-corrected chi connectivity index (χ0v) is 15.2. The first kappa shape index (κ1) is 16.6. The first-order valence-electron chi connectivity index (χ1n) is 7.76. The minimum absolute atomic E-state index is 0.261. The van der Waals surface area contributed by atoms with E-state index in [0.717, 1.165) is 15.4 Å². The molecule has 0 fully saturated rings. The van der Waals surface area contributed by atoms with Crippen LogP contribution in [0, 0.1) is 12.7 Å². The number of benzene rings is 2. The van der Waals surface area contributed by atoms with Crippen molar-refractivity contribution in [3.8, 4) is 11.4 Å². The van der Waals surface area contributed by atoms with Gasteiger partial charge in [-0.1, -0.05) is 15.9 Å². The molecule has 2 aromatic heterocycles. The molecule has 8 heteroatoms. The van der Waals surface area contributed by atoms with Crippen LogP contribution in [-0.4, -0.2) is 20.2 Å². The first-order valence-corrected chi connectivity index (χ1v) is 8.55. The predicted octanol–water partition coefficient (Wildman–Crippen LogP) is 3.70. The summed E-state index contributed by atoms with van der Waals surface area (Å²) in [6, 6.07) is 11.5. The molecular weight excluding hydrogens is 403 g/mol. The SMILES string of the molecule is Cc1cc(-c2nnn(Cc3cc(=O)oc4cc(Br)ccc34)n2)ccc1F. The Bertz CT molecular complexity index is 1190. The molecule has 0 saturated heterocycles. The normalized spacial score (nSPS) is 11.2. The van der Waals surface area contributed by atoms with Crippen molar-refractivity contribution < 1.29 is 8.81 Å². The number of aryl methyl sites for hydroxylation is 1. The summed E-state index contributed by atoms with van der Waals surface area (Å²) in [7, 11) is 0. The van der Waals surface area contributed by atoms with Crippen molar-refractivity contribution in [2.45, 2.75) is 13.5 Å². The lowest BCUT2D eigenvalue weighted by atomic mass is 10.1. The maximum absolute atomic E-state index is 13.4. The number of fused-ring (bicyclic) bond motifs is 1. The van der Waals surface area contributed by atoms with E-state index in [1.165, 1.54) is 16.9 Å². The van der Waals surface area contributed by atoms with Gasteiger partial charge in [-0.2, -0.15) is 4.80 Å². The molecular formula is C18H12BrFN4O2. The third kappa shape index (κ3) is 3.15. The summed E-state index contributed by atoms with van der Waals surface area (Å²) in [4.78, 5) is 13.2. The Kier molecular flexibility index (Phi) is 4.12. The predicted molar refractivity (Wildman–Crippen MR) is 97.2 cm³/mol. The summed E-state index contributed by atoms with van der Waals surface area (Å²) >= 11 is 3.36. The van der Waals surface area contributed by atoms with Crippen molar-refractivity contribution in [2.24, 2.45) is 0 Å². The summed E-state index contributed by atoms with van der Waals surface area (Å²) in [5.74, 6) is 0.109. The van der Waals surface area contributed by atoms with Crippen LogP contribution in [0.2, 0.25) is 0 Å². The lowest BCUT2D eigenvalue weighted by molar-refractivity contribution is 0.545. The Morgan fingerprint density at radius 2 is 2.04 bits per heavy atom. The molecule has 0 amide bonds. The second kappa shape index (κ2) is 6.45. The maximum atomic E-state index is 13.4. The van der Waals surface area contributed by atoms with E-state index in [0.29, 0.717) is 22.5 Å². The van der Waals surface area contributed by atoms with Gasteiger partial charge >= 0.3 is 5.63 Å². The van der Waals surface area contributed by atoms with Gasteiger partial charge in [-0.15, -0.1) is 10.2 Å². The molecule has 26 heavy (non-hydrogen) atoms. The van der Waals surface area contributed by atoms with Gasteiger partial charge in [0.2, 0.25) is 5.82 Å². The van der Waals surface area contributed by atoms with Crippen LogP contribution in [0.15, 0.2) is 56.1 Å². The van der Waals surface area contributed by atoms with E-state index in [9.17, 15) is 9.18 Å². The van der Waals surface area contributed by atoms with Crippen LogP contribution >= 0.6 is 15.9 Å². The molecule has 6 nitrogen and oxygen atoms in total. The van der Waals surface area contributed by atoms with E-state index in [2.05, 4.69) is 31.3 Å². The van der Waals surface area contributed by atoms with E-state index in [4.69, 9.17) is 4.42 Å². The molecule has 0 aliphatic carbocycles. The largest absolute Gasteiger partial charge is 0.423 e. The van der Waals surface area contributed by atoms with Crippen LogP contribution in [0.3, 0.4) is 0 Å². The number of tetrazole rings is 1. The van der Waals surface area contributed by atoms with Crippen LogP contribution in [0.4, 0.5) is 4.39 Å². The molecule has 0 saturated carbocycles. The van der Waals surface area contributed by atoms with Crippen molar-refractivity contribution >= 4 is 26.9 Å². The summed E-state index contributed by atoms with van der Waals surface area (Å²) in [5, 5.41) is 13.2. The average molecular weight is 415 g/mol. The summed E-state index contributed by atoms with van der Waals surface area (Å²) in [6.45, 7) is 1.94. The molecule has 0 atom stereocenters. The fourth-order valence-corrected chi connectivity index (χ4v) is 3.04. The van der Waals surface area contributed by atoms with Gasteiger partial charge in [0.15, 0.2) is 0 Å². The van der Waals surface area contributed by atoms with Crippen LogP contribution in [-0.2, 0) is 6.54 Å². The molecule has 4 aromatic rings. The molecule has 0 aliphatic rings. The van der Waals surface area contributed by atoms with Crippen LogP contribution in [0.25, 0.3) is 22.4 Å². The number of rotatable bonds is 3. The second-order valence-electron chi connectivity index (χ2n) is 5.84. The van der Waals surface area contributed by atoms with Crippen LogP contribution in [0.5, 0.6) is 0 Å². The summed E-state index contributed by atoms with van der Waals surface area (Å²) in [6.07, 6.45) is 0. The average Bonchev–Trinajstić information content (AvgIpc) is 3.05. The fourth-order valence-electron chi connectivity index (χ4n) is 2.70. The number of aromatic nitrogens is 4. The molecule has 4 rings (SSSR count). The van der Waals surface area contributed by atoms with Gasteiger partial charge in [0.25, 0.3) is 0 Å². The van der Waals surface area contributed by atoms with Gasteiger partial charge in [-0.3, -0.25) is 0 Å². The van der Waals surface area contributed by atoms with Gasteiger partial charge < -0.3 is 4.42 Å². The van der Waals surface area contributed by atoms with Crippen molar-refractivity contribution in [1.82, 2.24) is 20.2 Å². The van der Waals surface area contributed by atoms with Crippen molar-refractivity contribution in [3.63, 3.8) is 0 Å². The smallest absolute Gasteiger partial charge is 0.336 e. The van der Waals surface area contributed by atoms with Crippen molar-refractivity contribution in [2.75, 3.05) is 0 Å². The lowest BCUT2D eigenvalue weighted by Crippen LogP contribution is -2.08. The molecule has 0 N–H and O–H groups in total. The number of nitrogens with zero attached hydrogens (tertiary/aromatic N) is 4. The van der Waals surface area contributed by atoms with Gasteiger partial charge in [-0.05, 0) is 59.7 Å². The van der Waals surface area contributed by atoms with Gasteiger partial charge in [0, 0.05) is 21.5 Å². The summed E-state index contributed by atoms with van der Waals surface area (Å²) in [5.41, 5.74) is 1.95. The summed E-state index contributed by atoms with van der Waals surface area (Å²) < 4.78 is 19.5. The van der Waals surface area contributed by atoms with E-state index in [-0.39, 0.29) is 12.4 Å². The zero-order chi connectivity index (χ0) is 18.3. The molecule has 0 radical (unpaired) electrons. The molecule has 2 heterocycles. The highest BCUT2D eigenvalue weighted by atomic mass is 79.9. The zero-order valence-electron chi connectivity index (χ0n) is 13.6. The molecule has 0 aliphatic heterocycles. The standard InChI is InChI=1S/C18H12BrFN4O2/c1-10-6-11(2-5-15(10)20)18-21-23-24(22-18)9-12-7-17(25)26-16-8-13(19)3-4-14(12)16/h2-8H,9H2,1H3. The van der Waals surface area contributed by atoms with Gasteiger partial charge in [0.05, 0.1) is 6.54 Å². The molecule has 2 aromatic carbocycles. The van der Waals surface area contributed by atoms with Crippen LogP contribution in [0.1, 0.15) is 11.1 Å². The fraction of sp³-hybridized carbons (Fsp3) is 0.111. The maximum Gasteiger partial charge on any atom is 0.336 e.